The highest BCUT2D eigenvalue weighted by atomic mass is 79.9. The molecule has 3 rings (SSSR count). The Morgan fingerprint density at radius 3 is 2.09 bits per heavy atom. The lowest BCUT2D eigenvalue weighted by Crippen LogP contribution is -1.83. The minimum atomic E-state index is 1.03. The number of halogens is 2. The Balaban J connectivity index is 0.000000207. The van der Waals surface area contributed by atoms with Gasteiger partial charge in [-0.1, -0.05) is 82.7 Å². The first-order valence-electron chi connectivity index (χ1n) is 8.74. The monoisotopic (exact) mass is 436 g/mol. The van der Waals surface area contributed by atoms with E-state index in [1.807, 2.05) is 0 Å². The molecule has 2 aromatic carbocycles. The minimum absolute atomic E-state index is 1.03. The van der Waals surface area contributed by atoms with Gasteiger partial charge in [0.1, 0.15) is 0 Å². The summed E-state index contributed by atoms with van der Waals surface area (Å²) in [7, 11) is 0. The van der Waals surface area contributed by atoms with Crippen molar-refractivity contribution < 1.29 is 0 Å². The van der Waals surface area contributed by atoms with Crippen molar-refractivity contribution in [2.75, 3.05) is 0 Å². The van der Waals surface area contributed by atoms with Crippen LogP contribution < -0.4 is 0 Å². The molecule has 0 spiro atoms. The SMILES string of the molecule is Brc1ccc2c(c1Br)Cc1ccccc1-2.CCCCCCCC. The number of unbranched alkanes of at least 4 members (excludes halogenated alkanes) is 5. The summed E-state index contributed by atoms with van der Waals surface area (Å²) < 4.78 is 2.32. The summed E-state index contributed by atoms with van der Waals surface area (Å²) in [5.41, 5.74) is 5.55. The third kappa shape index (κ3) is 4.93. The van der Waals surface area contributed by atoms with Gasteiger partial charge in [-0.2, -0.15) is 0 Å². The maximum absolute atomic E-state index is 3.64. The van der Waals surface area contributed by atoms with E-state index in [0.29, 0.717) is 0 Å². The van der Waals surface area contributed by atoms with Crippen molar-refractivity contribution in [3.63, 3.8) is 0 Å². The van der Waals surface area contributed by atoms with Gasteiger partial charge in [-0.3, -0.25) is 0 Å². The van der Waals surface area contributed by atoms with Crippen LogP contribution in [0, 0.1) is 0 Å². The molecule has 0 N–H and O–H groups in total. The van der Waals surface area contributed by atoms with Crippen LogP contribution in [-0.4, -0.2) is 0 Å². The van der Waals surface area contributed by atoms with Crippen LogP contribution in [-0.2, 0) is 6.42 Å². The molecule has 0 saturated heterocycles. The number of benzene rings is 2. The van der Waals surface area contributed by atoms with Crippen LogP contribution in [0.4, 0.5) is 0 Å². The molecule has 0 radical (unpaired) electrons. The minimum Gasteiger partial charge on any atom is -0.0654 e. The van der Waals surface area contributed by atoms with Gasteiger partial charge in [0.2, 0.25) is 0 Å². The fourth-order valence-electron chi connectivity index (χ4n) is 3.00. The Morgan fingerprint density at radius 2 is 1.43 bits per heavy atom. The van der Waals surface area contributed by atoms with E-state index in [-0.39, 0.29) is 0 Å². The quantitative estimate of drug-likeness (QED) is 0.353. The molecule has 0 nitrogen and oxygen atoms in total. The fourth-order valence-corrected chi connectivity index (χ4v) is 3.86. The van der Waals surface area contributed by atoms with Crippen molar-refractivity contribution in [2.45, 2.75) is 58.8 Å². The Hall–Kier alpha value is -0.600. The van der Waals surface area contributed by atoms with Gasteiger partial charge >= 0.3 is 0 Å². The van der Waals surface area contributed by atoms with Crippen LogP contribution >= 0.6 is 31.9 Å². The van der Waals surface area contributed by atoms with Gasteiger partial charge in [0, 0.05) is 8.95 Å². The maximum atomic E-state index is 3.64. The summed E-state index contributed by atoms with van der Waals surface area (Å²) in [6, 6.07) is 12.9. The fraction of sp³-hybridized carbons (Fsp3) is 0.429. The largest absolute Gasteiger partial charge is 0.0654 e. The molecule has 0 unspecified atom stereocenters. The summed E-state index contributed by atoms with van der Waals surface area (Å²) in [6.07, 6.45) is 9.52. The molecule has 0 heterocycles. The van der Waals surface area contributed by atoms with Crippen molar-refractivity contribution in [1.29, 1.82) is 0 Å². The predicted octanol–water partition coefficient (Wildman–Crippen LogP) is 8.15. The van der Waals surface area contributed by atoms with Gasteiger partial charge in [-0.15, -0.1) is 0 Å². The topological polar surface area (TPSA) is 0 Å². The molecule has 0 aromatic heterocycles. The molecule has 0 amide bonds. The molecule has 0 bridgehead atoms. The Morgan fingerprint density at radius 1 is 0.783 bits per heavy atom. The van der Waals surface area contributed by atoms with Gasteiger partial charge < -0.3 is 0 Å². The van der Waals surface area contributed by atoms with E-state index in [1.54, 1.807) is 0 Å². The second-order valence-corrected chi connectivity index (χ2v) is 7.78. The lowest BCUT2D eigenvalue weighted by molar-refractivity contribution is 0.624. The van der Waals surface area contributed by atoms with Gasteiger partial charge in [-0.05, 0) is 66.6 Å². The molecule has 1 aliphatic rings. The van der Waals surface area contributed by atoms with Crippen LogP contribution in [0.3, 0.4) is 0 Å². The molecular weight excluding hydrogens is 412 g/mol. The Bertz CT molecular complexity index is 626. The second-order valence-electron chi connectivity index (χ2n) is 6.14. The Kier molecular flexibility index (Phi) is 7.85. The third-order valence-electron chi connectivity index (χ3n) is 4.33. The average molecular weight is 438 g/mol. The van der Waals surface area contributed by atoms with Crippen LogP contribution in [0.1, 0.15) is 63.5 Å². The summed E-state index contributed by atoms with van der Waals surface area (Å²) in [6.45, 7) is 4.51. The van der Waals surface area contributed by atoms with E-state index in [9.17, 15) is 0 Å². The van der Waals surface area contributed by atoms with Crippen LogP contribution in [0.25, 0.3) is 11.1 Å². The second kappa shape index (κ2) is 9.64. The van der Waals surface area contributed by atoms with Crippen molar-refractivity contribution in [2.24, 2.45) is 0 Å². The van der Waals surface area contributed by atoms with Crippen LogP contribution in [0.5, 0.6) is 0 Å². The highest BCUT2D eigenvalue weighted by Crippen LogP contribution is 2.42. The van der Waals surface area contributed by atoms with E-state index >= 15 is 0 Å². The highest BCUT2D eigenvalue weighted by Gasteiger charge is 2.20. The molecule has 2 heteroatoms. The summed E-state index contributed by atoms with van der Waals surface area (Å²) in [5, 5.41) is 0. The molecule has 0 fully saturated rings. The molecule has 0 aliphatic heterocycles. The van der Waals surface area contributed by atoms with Gasteiger partial charge in [0.05, 0.1) is 0 Å². The first-order valence-corrected chi connectivity index (χ1v) is 10.3. The normalized spacial score (nSPS) is 11.5. The lowest BCUT2D eigenvalue weighted by Gasteiger charge is -2.04. The number of hydrogen-bond acceptors (Lipinski definition) is 0. The van der Waals surface area contributed by atoms with Gasteiger partial charge in [0.15, 0.2) is 0 Å². The summed E-state index contributed by atoms with van der Waals surface area (Å²) >= 11 is 7.19. The number of hydrogen-bond donors (Lipinski definition) is 0. The standard InChI is InChI=1S/C13H8Br2.C8H18/c14-12-6-5-10-9-4-2-1-3-8(9)7-11(10)13(12)15;1-3-5-7-8-6-4-2/h1-6H,7H2;3-8H2,1-2H3. The van der Waals surface area contributed by atoms with E-state index in [0.717, 1.165) is 10.9 Å². The molecule has 1 aliphatic carbocycles. The first-order chi connectivity index (χ1) is 11.2. The number of fused-ring (bicyclic) bond motifs is 3. The smallest absolute Gasteiger partial charge is 0.0359 e. The van der Waals surface area contributed by atoms with Gasteiger partial charge in [-0.25, -0.2) is 0 Å². The Labute approximate surface area is 158 Å². The van der Waals surface area contributed by atoms with Crippen LogP contribution in [0.15, 0.2) is 45.3 Å². The molecule has 124 valence electrons. The third-order valence-corrected chi connectivity index (χ3v) is 6.43. The van der Waals surface area contributed by atoms with Gasteiger partial charge in [0.25, 0.3) is 0 Å². The zero-order valence-corrected chi connectivity index (χ0v) is 17.3. The molecule has 0 saturated carbocycles. The van der Waals surface area contributed by atoms with Crippen LogP contribution in [0.2, 0.25) is 0 Å². The predicted molar refractivity (Wildman–Crippen MR) is 109 cm³/mol. The highest BCUT2D eigenvalue weighted by molar-refractivity contribution is 9.13. The van der Waals surface area contributed by atoms with E-state index in [2.05, 4.69) is 82.1 Å². The van der Waals surface area contributed by atoms with E-state index < -0.39 is 0 Å². The maximum Gasteiger partial charge on any atom is 0.0359 e. The molecule has 0 atom stereocenters. The molecule has 23 heavy (non-hydrogen) atoms. The zero-order chi connectivity index (χ0) is 16.7. The zero-order valence-electron chi connectivity index (χ0n) is 14.2. The van der Waals surface area contributed by atoms with Crippen molar-refractivity contribution >= 4 is 31.9 Å². The van der Waals surface area contributed by atoms with E-state index in [4.69, 9.17) is 0 Å². The van der Waals surface area contributed by atoms with E-state index in [1.165, 1.54) is 65.3 Å². The summed E-state index contributed by atoms with van der Waals surface area (Å²) in [4.78, 5) is 0. The molecule has 2 aromatic rings. The average Bonchev–Trinajstić information content (AvgIpc) is 2.95. The van der Waals surface area contributed by atoms with Crippen molar-refractivity contribution in [3.8, 4) is 11.1 Å². The molecular formula is C21H26Br2. The van der Waals surface area contributed by atoms with Crippen molar-refractivity contribution in [3.05, 3.63) is 56.5 Å². The number of rotatable bonds is 5. The lowest BCUT2D eigenvalue weighted by atomic mass is 10.1. The van der Waals surface area contributed by atoms with Crippen molar-refractivity contribution in [1.82, 2.24) is 0 Å². The first kappa shape index (κ1) is 18.7. The summed E-state index contributed by atoms with van der Waals surface area (Å²) in [5.74, 6) is 0.